The molecule has 0 saturated carbocycles. The number of hydrogen-bond acceptors (Lipinski definition) is 3. The van der Waals surface area contributed by atoms with Crippen LogP contribution in [0, 0.1) is 0 Å². The average Bonchev–Trinajstić information content (AvgIpc) is 1.84. The van der Waals surface area contributed by atoms with Crippen molar-refractivity contribution in [1.29, 1.82) is 0 Å². The highest BCUT2D eigenvalue weighted by atomic mass is 35.5. The van der Waals surface area contributed by atoms with E-state index in [1.807, 2.05) is 0 Å². The van der Waals surface area contributed by atoms with Crippen LogP contribution in [0.3, 0.4) is 0 Å². The molecule has 0 heterocycles. The topological polar surface area (TPSA) is 43.4 Å². The van der Waals surface area contributed by atoms with Crippen LogP contribution < -0.4 is 0 Å². The zero-order chi connectivity index (χ0) is 8.04. The highest BCUT2D eigenvalue weighted by Crippen LogP contribution is 1.91. The SMILES string of the molecule is COCCS(=O)(=O)CCCl. The van der Waals surface area contributed by atoms with E-state index in [1.165, 1.54) is 7.11 Å². The summed E-state index contributed by atoms with van der Waals surface area (Å²) >= 11 is 5.24. The Morgan fingerprint density at radius 2 is 2.00 bits per heavy atom. The van der Waals surface area contributed by atoms with Crippen molar-refractivity contribution < 1.29 is 13.2 Å². The van der Waals surface area contributed by atoms with E-state index in [-0.39, 0.29) is 24.0 Å². The van der Waals surface area contributed by atoms with Crippen LogP contribution in [-0.4, -0.2) is 39.5 Å². The van der Waals surface area contributed by atoms with E-state index >= 15 is 0 Å². The van der Waals surface area contributed by atoms with Crippen molar-refractivity contribution in [3.8, 4) is 0 Å². The van der Waals surface area contributed by atoms with E-state index in [2.05, 4.69) is 4.74 Å². The predicted molar refractivity (Wildman–Crippen MR) is 41.2 cm³/mol. The minimum absolute atomic E-state index is 0.0396. The molecule has 0 aliphatic heterocycles. The fourth-order valence-electron chi connectivity index (χ4n) is 0.430. The van der Waals surface area contributed by atoms with Gasteiger partial charge in [-0.15, -0.1) is 11.6 Å². The molecule has 10 heavy (non-hydrogen) atoms. The molecule has 0 aromatic heterocycles. The molecule has 0 unspecified atom stereocenters. The summed E-state index contributed by atoms with van der Waals surface area (Å²) in [6.45, 7) is 0.249. The van der Waals surface area contributed by atoms with Crippen LogP contribution in [0.4, 0.5) is 0 Å². The van der Waals surface area contributed by atoms with Gasteiger partial charge in [0.2, 0.25) is 0 Å². The molecule has 0 aliphatic carbocycles. The highest BCUT2D eigenvalue weighted by molar-refractivity contribution is 7.91. The second kappa shape index (κ2) is 4.93. The Balaban J connectivity index is 3.65. The van der Waals surface area contributed by atoms with Crippen molar-refractivity contribution >= 4 is 21.4 Å². The number of alkyl halides is 1. The van der Waals surface area contributed by atoms with Crippen molar-refractivity contribution in [2.45, 2.75) is 0 Å². The van der Waals surface area contributed by atoms with E-state index < -0.39 is 9.84 Å². The lowest BCUT2D eigenvalue weighted by molar-refractivity contribution is 0.217. The highest BCUT2D eigenvalue weighted by Gasteiger charge is 2.07. The van der Waals surface area contributed by atoms with Crippen molar-refractivity contribution in [3.63, 3.8) is 0 Å². The zero-order valence-electron chi connectivity index (χ0n) is 5.84. The van der Waals surface area contributed by atoms with Gasteiger partial charge in [-0.05, 0) is 0 Å². The van der Waals surface area contributed by atoms with E-state index in [4.69, 9.17) is 11.6 Å². The Kier molecular flexibility index (Phi) is 5.03. The molecule has 0 fully saturated rings. The normalized spacial score (nSPS) is 11.8. The third-order valence-corrected chi connectivity index (χ3v) is 3.01. The molecule has 3 nitrogen and oxygen atoms in total. The number of halogens is 1. The van der Waals surface area contributed by atoms with E-state index in [0.717, 1.165) is 0 Å². The molecular weight excluding hydrogens is 176 g/mol. The van der Waals surface area contributed by atoms with Crippen LogP contribution in [0.2, 0.25) is 0 Å². The summed E-state index contributed by atoms with van der Waals surface area (Å²) in [7, 11) is -1.48. The van der Waals surface area contributed by atoms with Gasteiger partial charge in [-0.2, -0.15) is 0 Å². The number of methoxy groups -OCH3 is 1. The third-order valence-electron chi connectivity index (χ3n) is 0.987. The van der Waals surface area contributed by atoms with E-state index in [0.29, 0.717) is 0 Å². The van der Waals surface area contributed by atoms with Gasteiger partial charge in [0.05, 0.1) is 18.1 Å². The average molecular weight is 187 g/mol. The Morgan fingerprint density at radius 1 is 1.40 bits per heavy atom. The summed E-state index contributed by atoms with van der Waals surface area (Å²) in [6, 6.07) is 0. The standard InChI is InChI=1S/C5H11ClO3S/c1-9-3-5-10(7,8)4-2-6/h2-5H2,1H3. The van der Waals surface area contributed by atoms with Crippen molar-refractivity contribution in [2.24, 2.45) is 0 Å². The maximum absolute atomic E-state index is 10.8. The summed E-state index contributed by atoms with van der Waals surface area (Å²) in [5.74, 6) is 0.264. The molecule has 62 valence electrons. The van der Waals surface area contributed by atoms with Crippen LogP contribution >= 0.6 is 11.6 Å². The molecule has 0 aromatic carbocycles. The first-order valence-electron chi connectivity index (χ1n) is 2.87. The Bertz CT molecular complexity index is 164. The summed E-state index contributed by atoms with van der Waals surface area (Å²) in [5.41, 5.74) is 0. The number of sulfone groups is 1. The van der Waals surface area contributed by atoms with Crippen LogP contribution in [0.25, 0.3) is 0 Å². The van der Waals surface area contributed by atoms with Gasteiger partial charge in [0.1, 0.15) is 0 Å². The predicted octanol–water partition coefficient (Wildman–Crippen LogP) is 0.286. The van der Waals surface area contributed by atoms with Gasteiger partial charge in [-0.3, -0.25) is 0 Å². The quantitative estimate of drug-likeness (QED) is 0.580. The Labute approximate surface area is 66.2 Å². The third kappa shape index (κ3) is 5.02. The van der Waals surface area contributed by atoms with E-state index in [1.54, 1.807) is 0 Å². The minimum atomic E-state index is -2.95. The van der Waals surface area contributed by atoms with Crippen LogP contribution in [0.5, 0.6) is 0 Å². The maximum atomic E-state index is 10.8. The first kappa shape index (κ1) is 10.2. The first-order valence-corrected chi connectivity index (χ1v) is 5.23. The van der Waals surface area contributed by atoms with Crippen molar-refractivity contribution in [3.05, 3.63) is 0 Å². The molecule has 0 aliphatic rings. The van der Waals surface area contributed by atoms with Crippen molar-refractivity contribution in [1.82, 2.24) is 0 Å². The van der Waals surface area contributed by atoms with Crippen LogP contribution in [-0.2, 0) is 14.6 Å². The summed E-state index contributed by atoms with van der Waals surface area (Å²) in [4.78, 5) is 0. The lowest BCUT2D eigenvalue weighted by Crippen LogP contribution is -2.15. The summed E-state index contributed by atoms with van der Waals surface area (Å²) in [6.07, 6.45) is 0. The lowest BCUT2D eigenvalue weighted by Gasteiger charge is -1.98. The fourth-order valence-corrected chi connectivity index (χ4v) is 2.00. The van der Waals surface area contributed by atoms with E-state index in [9.17, 15) is 8.42 Å². The van der Waals surface area contributed by atoms with Crippen LogP contribution in [0.1, 0.15) is 0 Å². The summed E-state index contributed by atoms with van der Waals surface area (Å²) < 4.78 is 26.3. The van der Waals surface area contributed by atoms with Crippen molar-refractivity contribution in [2.75, 3.05) is 31.1 Å². The molecule has 0 atom stereocenters. The molecule has 0 saturated heterocycles. The van der Waals surface area contributed by atoms with Gasteiger partial charge in [0.25, 0.3) is 0 Å². The van der Waals surface area contributed by atoms with Gasteiger partial charge < -0.3 is 4.74 Å². The smallest absolute Gasteiger partial charge is 0.153 e. The molecule has 0 radical (unpaired) electrons. The molecule has 0 aromatic rings. The molecule has 0 bridgehead atoms. The molecule has 0 amide bonds. The number of rotatable bonds is 5. The lowest BCUT2D eigenvalue weighted by atomic mass is 10.9. The summed E-state index contributed by atoms with van der Waals surface area (Å²) in [5, 5.41) is 0. The Hall–Kier alpha value is 0.200. The number of ether oxygens (including phenoxy) is 1. The molecule has 0 N–H and O–H groups in total. The second-order valence-electron chi connectivity index (χ2n) is 1.83. The molecule has 0 rings (SSSR count). The minimum Gasteiger partial charge on any atom is -0.384 e. The van der Waals surface area contributed by atoms with Gasteiger partial charge in [0, 0.05) is 13.0 Å². The van der Waals surface area contributed by atoms with Gasteiger partial charge in [0.15, 0.2) is 9.84 Å². The fraction of sp³-hybridized carbons (Fsp3) is 1.00. The Morgan fingerprint density at radius 3 is 2.40 bits per heavy atom. The molecule has 0 spiro atoms. The largest absolute Gasteiger partial charge is 0.384 e. The van der Waals surface area contributed by atoms with Crippen LogP contribution in [0.15, 0.2) is 0 Å². The second-order valence-corrected chi connectivity index (χ2v) is 4.52. The molecular formula is C5H11ClO3S. The monoisotopic (exact) mass is 186 g/mol. The maximum Gasteiger partial charge on any atom is 0.153 e. The van der Waals surface area contributed by atoms with Gasteiger partial charge in [-0.25, -0.2) is 8.42 Å². The zero-order valence-corrected chi connectivity index (χ0v) is 7.41. The van der Waals surface area contributed by atoms with Gasteiger partial charge in [-0.1, -0.05) is 0 Å². The molecule has 5 heteroatoms. The first-order chi connectivity index (χ1) is 4.62. The van der Waals surface area contributed by atoms with Gasteiger partial charge >= 0.3 is 0 Å². The number of hydrogen-bond donors (Lipinski definition) is 0.